The fourth-order valence-electron chi connectivity index (χ4n) is 3.74. The molecular weight excluding hydrogens is 226 g/mol. The van der Waals surface area contributed by atoms with Crippen molar-refractivity contribution in [1.29, 1.82) is 0 Å². The number of rotatable bonds is 7. The maximum atomic E-state index is 9.83. The van der Waals surface area contributed by atoms with Gasteiger partial charge < -0.3 is 15.2 Å². The molecule has 106 valence electrons. The Labute approximate surface area is 111 Å². The van der Waals surface area contributed by atoms with E-state index in [0.29, 0.717) is 19.2 Å². The van der Waals surface area contributed by atoms with Crippen molar-refractivity contribution in [3.05, 3.63) is 0 Å². The molecule has 0 aromatic heterocycles. The molecule has 0 spiro atoms. The zero-order chi connectivity index (χ0) is 13.1. The predicted molar refractivity (Wildman–Crippen MR) is 73.5 cm³/mol. The quantitative estimate of drug-likeness (QED) is 0.733. The molecule has 2 saturated carbocycles. The third-order valence-corrected chi connectivity index (χ3v) is 4.73. The average molecular weight is 255 g/mol. The normalized spacial score (nSPS) is 34.2. The molecule has 3 nitrogen and oxygen atoms in total. The summed E-state index contributed by atoms with van der Waals surface area (Å²) in [5.41, 5.74) is 0. The zero-order valence-corrected chi connectivity index (χ0v) is 12.1. The summed E-state index contributed by atoms with van der Waals surface area (Å²) in [6.07, 6.45) is 5.56. The second-order valence-electron chi connectivity index (χ2n) is 6.57. The van der Waals surface area contributed by atoms with Gasteiger partial charge in [0.25, 0.3) is 0 Å². The first-order chi connectivity index (χ1) is 8.56. The number of ether oxygens (including phenoxy) is 1. The van der Waals surface area contributed by atoms with Gasteiger partial charge in [-0.3, -0.25) is 0 Å². The summed E-state index contributed by atoms with van der Waals surface area (Å²) < 4.78 is 5.42. The van der Waals surface area contributed by atoms with E-state index in [9.17, 15) is 5.11 Å². The minimum absolute atomic E-state index is 0.197. The summed E-state index contributed by atoms with van der Waals surface area (Å²) in [5, 5.41) is 13.3. The van der Waals surface area contributed by atoms with Crippen LogP contribution in [0, 0.1) is 17.8 Å². The summed E-state index contributed by atoms with van der Waals surface area (Å²) in [5.74, 6) is 2.78. The average Bonchev–Trinajstić information content (AvgIpc) is 2.95. The van der Waals surface area contributed by atoms with Crippen LogP contribution < -0.4 is 5.32 Å². The fourth-order valence-corrected chi connectivity index (χ4v) is 3.74. The van der Waals surface area contributed by atoms with Crippen LogP contribution in [0.25, 0.3) is 0 Å². The monoisotopic (exact) mass is 255 g/mol. The molecule has 0 aromatic rings. The molecule has 2 aliphatic rings. The molecule has 0 radical (unpaired) electrons. The second-order valence-corrected chi connectivity index (χ2v) is 6.57. The first kappa shape index (κ1) is 14.3. The number of fused-ring (bicyclic) bond motifs is 2. The van der Waals surface area contributed by atoms with E-state index < -0.39 is 0 Å². The highest BCUT2D eigenvalue weighted by molar-refractivity contribution is 4.94. The van der Waals surface area contributed by atoms with Gasteiger partial charge in [0.05, 0.1) is 18.8 Å². The molecule has 2 aliphatic carbocycles. The Bertz CT molecular complexity index is 257. The Morgan fingerprint density at radius 3 is 2.56 bits per heavy atom. The van der Waals surface area contributed by atoms with Crippen LogP contribution >= 0.6 is 0 Å². The van der Waals surface area contributed by atoms with Crippen molar-refractivity contribution in [2.45, 2.75) is 64.7 Å². The largest absolute Gasteiger partial charge is 0.389 e. The van der Waals surface area contributed by atoms with Crippen molar-refractivity contribution in [2.75, 3.05) is 13.2 Å². The maximum absolute atomic E-state index is 9.83. The van der Waals surface area contributed by atoms with E-state index in [0.717, 1.165) is 17.8 Å². The minimum atomic E-state index is -0.381. The van der Waals surface area contributed by atoms with Gasteiger partial charge in [-0.25, -0.2) is 0 Å². The van der Waals surface area contributed by atoms with Gasteiger partial charge >= 0.3 is 0 Å². The molecule has 5 unspecified atom stereocenters. The summed E-state index contributed by atoms with van der Waals surface area (Å²) in [4.78, 5) is 0. The van der Waals surface area contributed by atoms with Gasteiger partial charge in [0.1, 0.15) is 0 Å². The lowest BCUT2D eigenvalue weighted by Gasteiger charge is -2.29. The summed E-state index contributed by atoms with van der Waals surface area (Å²) in [6.45, 7) is 7.37. The van der Waals surface area contributed by atoms with Gasteiger partial charge in [-0.05, 0) is 57.8 Å². The van der Waals surface area contributed by atoms with Gasteiger partial charge in [0.15, 0.2) is 0 Å². The topological polar surface area (TPSA) is 41.5 Å². The molecule has 2 bridgehead atoms. The van der Waals surface area contributed by atoms with Crippen molar-refractivity contribution >= 4 is 0 Å². The molecule has 0 saturated heterocycles. The van der Waals surface area contributed by atoms with E-state index in [1.807, 2.05) is 13.8 Å². The molecule has 0 aromatic carbocycles. The zero-order valence-electron chi connectivity index (χ0n) is 12.1. The van der Waals surface area contributed by atoms with E-state index in [1.165, 1.54) is 25.7 Å². The van der Waals surface area contributed by atoms with Gasteiger partial charge in [0, 0.05) is 12.6 Å². The predicted octanol–water partition coefficient (Wildman–Crippen LogP) is 2.19. The van der Waals surface area contributed by atoms with Crippen LogP contribution in [-0.4, -0.2) is 36.5 Å². The molecule has 5 atom stereocenters. The standard InChI is InChI=1S/C15H29NO2/c1-10(2)18-9-14(17)8-16-11(3)15-7-12-4-5-13(15)6-12/h10-17H,4-9H2,1-3H3. The smallest absolute Gasteiger partial charge is 0.0897 e. The van der Waals surface area contributed by atoms with E-state index in [4.69, 9.17) is 4.74 Å². The number of aliphatic hydroxyl groups excluding tert-OH is 1. The van der Waals surface area contributed by atoms with Crippen molar-refractivity contribution in [2.24, 2.45) is 17.8 Å². The third kappa shape index (κ3) is 3.69. The van der Waals surface area contributed by atoms with E-state index in [2.05, 4.69) is 12.2 Å². The molecule has 0 aliphatic heterocycles. The molecule has 0 amide bonds. The van der Waals surface area contributed by atoms with Gasteiger partial charge in [-0.1, -0.05) is 6.42 Å². The van der Waals surface area contributed by atoms with Crippen molar-refractivity contribution in [1.82, 2.24) is 5.32 Å². The number of nitrogens with one attached hydrogen (secondary N) is 1. The van der Waals surface area contributed by atoms with Crippen LogP contribution in [0.1, 0.15) is 46.5 Å². The van der Waals surface area contributed by atoms with Gasteiger partial charge in [0.2, 0.25) is 0 Å². The molecule has 2 N–H and O–H groups in total. The molecule has 3 heteroatoms. The van der Waals surface area contributed by atoms with Crippen LogP contribution in [0.5, 0.6) is 0 Å². The highest BCUT2D eigenvalue weighted by atomic mass is 16.5. The molecule has 2 rings (SSSR count). The van der Waals surface area contributed by atoms with Gasteiger partial charge in [-0.15, -0.1) is 0 Å². The SMILES string of the molecule is CC(C)OCC(O)CNC(C)C1CC2CCC1C2. The molecular formula is C15H29NO2. The summed E-state index contributed by atoms with van der Waals surface area (Å²) >= 11 is 0. The Balaban J connectivity index is 1.64. The second kappa shape index (κ2) is 6.36. The Kier molecular flexibility index (Phi) is 5.05. The van der Waals surface area contributed by atoms with Crippen LogP contribution in [-0.2, 0) is 4.74 Å². The molecule has 18 heavy (non-hydrogen) atoms. The Hall–Kier alpha value is -0.120. The lowest BCUT2D eigenvalue weighted by Crippen LogP contribution is -2.41. The fraction of sp³-hybridized carbons (Fsp3) is 1.00. The van der Waals surface area contributed by atoms with E-state index in [-0.39, 0.29) is 12.2 Å². The first-order valence-corrected chi connectivity index (χ1v) is 7.59. The van der Waals surface area contributed by atoms with E-state index in [1.54, 1.807) is 0 Å². The Morgan fingerprint density at radius 1 is 1.22 bits per heavy atom. The molecule has 2 fully saturated rings. The number of hydrogen-bond donors (Lipinski definition) is 2. The first-order valence-electron chi connectivity index (χ1n) is 7.59. The van der Waals surface area contributed by atoms with Crippen molar-refractivity contribution in [3.63, 3.8) is 0 Å². The lowest BCUT2D eigenvalue weighted by molar-refractivity contribution is 0.00459. The minimum Gasteiger partial charge on any atom is -0.389 e. The van der Waals surface area contributed by atoms with Crippen molar-refractivity contribution in [3.8, 4) is 0 Å². The lowest BCUT2D eigenvalue weighted by atomic mass is 9.84. The van der Waals surface area contributed by atoms with Gasteiger partial charge in [-0.2, -0.15) is 0 Å². The van der Waals surface area contributed by atoms with Crippen LogP contribution in [0.2, 0.25) is 0 Å². The van der Waals surface area contributed by atoms with Crippen molar-refractivity contribution < 1.29 is 9.84 Å². The maximum Gasteiger partial charge on any atom is 0.0897 e. The van der Waals surface area contributed by atoms with E-state index >= 15 is 0 Å². The highest BCUT2D eigenvalue weighted by Gasteiger charge is 2.41. The highest BCUT2D eigenvalue weighted by Crippen LogP contribution is 2.49. The van der Waals surface area contributed by atoms with Crippen LogP contribution in [0.3, 0.4) is 0 Å². The third-order valence-electron chi connectivity index (χ3n) is 4.73. The summed E-state index contributed by atoms with van der Waals surface area (Å²) in [6, 6.07) is 0.536. The number of aliphatic hydroxyl groups is 1. The van der Waals surface area contributed by atoms with Crippen LogP contribution in [0.15, 0.2) is 0 Å². The summed E-state index contributed by atoms with van der Waals surface area (Å²) in [7, 11) is 0. The van der Waals surface area contributed by atoms with Crippen LogP contribution in [0.4, 0.5) is 0 Å². The Morgan fingerprint density at radius 2 is 2.00 bits per heavy atom. The molecule has 0 heterocycles. The number of hydrogen-bond acceptors (Lipinski definition) is 3.